The Morgan fingerprint density at radius 1 is 0.385 bits per heavy atom. The van der Waals surface area contributed by atoms with Crippen LogP contribution in [0.15, 0.2) is 231 Å². The molecule has 13 aromatic rings. The summed E-state index contributed by atoms with van der Waals surface area (Å²) in [6, 6.07) is 85.1. The Bertz CT molecular complexity index is 4010. The molecule has 3 aromatic heterocycles. The van der Waals surface area contributed by atoms with Crippen molar-refractivity contribution in [3.8, 4) is 39.2 Å². The number of aromatic nitrogens is 2. The fourth-order valence-electron chi connectivity index (χ4n) is 11.4. The van der Waals surface area contributed by atoms with E-state index in [1.165, 1.54) is 97.3 Å². The molecule has 14 rings (SSSR count). The van der Waals surface area contributed by atoms with E-state index in [0.717, 1.165) is 27.8 Å². The van der Waals surface area contributed by atoms with Gasteiger partial charge < -0.3 is 4.57 Å². The summed E-state index contributed by atoms with van der Waals surface area (Å²) in [6.45, 7) is 0. The van der Waals surface area contributed by atoms with Gasteiger partial charge >= 0.3 is 0 Å². The van der Waals surface area contributed by atoms with Crippen LogP contribution < -0.4 is 0 Å². The highest BCUT2D eigenvalue weighted by molar-refractivity contribution is 7.26. The highest BCUT2D eigenvalue weighted by atomic mass is 32.1. The van der Waals surface area contributed by atoms with Crippen LogP contribution in [-0.4, -0.2) is 9.55 Å². The number of fused-ring (bicyclic) bond motifs is 13. The van der Waals surface area contributed by atoms with E-state index in [4.69, 9.17) is 4.98 Å². The minimum Gasteiger partial charge on any atom is -0.309 e. The lowest BCUT2D eigenvalue weighted by atomic mass is 9.67. The van der Waals surface area contributed by atoms with Gasteiger partial charge in [-0.2, -0.15) is 0 Å². The first kappa shape index (κ1) is 36.4. The van der Waals surface area contributed by atoms with Crippen molar-refractivity contribution in [2.75, 3.05) is 0 Å². The van der Waals surface area contributed by atoms with Crippen molar-refractivity contribution in [2.24, 2.45) is 0 Å². The Hall–Kier alpha value is -8.11. The smallest absolute Gasteiger partial charge is 0.0788 e. The molecule has 65 heavy (non-hydrogen) atoms. The molecule has 0 aliphatic heterocycles. The average molecular weight is 843 g/mol. The lowest BCUT2D eigenvalue weighted by Gasteiger charge is -2.34. The largest absolute Gasteiger partial charge is 0.309 e. The second kappa shape index (κ2) is 13.9. The van der Waals surface area contributed by atoms with Crippen molar-refractivity contribution in [1.29, 1.82) is 0 Å². The predicted octanol–water partition coefficient (Wildman–Crippen LogP) is 16.6. The van der Waals surface area contributed by atoms with Gasteiger partial charge in [0.15, 0.2) is 0 Å². The van der Waals surface area contributed by atoms with Crippen LogP contribution in [-0.2, 0) is 5.41 Å². The van der Waals surface area contributed by atoms with Crippen LogP contribution in [0.25, 0.3) is 103 Å². The van der Waals surface area contributed by atoms with Gasteiger partial charge in [-0.15, -0.1) is 11.3 Å². The van der Waals surface area contributed by atoms with Gasteiger partial charge in [0.25, 0.3) is 0 Å². The van der Waals surface area contributed by atoms with E-state index in [9.17, 15) is 0 Å². The molecule has 0 N–H and O–H groups in total. The van der Waals surface area contributed by atoms with E-state index < -0.39 is 5.41 Å². The Morgan fingerprint density at radius 2 is 1.00 bits per heavy atom. The maximum Gasteiger partial charge on any atom is 0.0788 e. The van der Waals surface area contributed by atoms with Crippen molar-refractivity contribution in [3.63, 3.8) is 0 Å². The van der Waals surface area contributed by atoms with Gasteiger partial charge in [-0.3, -0.25) is 0 Å². The molecule has 0 saturated heterocycles. The zero-order valence-electron chi connectivity index (χ0n) is 35.2. The van der Waals surface area contributed by atoms with Crippen molar-refractivity contribution >= 4 is 75.0 Å². The Kier molecular flexibility index (Phi) is 7.80. The molecule has 3 heterocycles. The number of nitrogens with zero attached hydrogens (tertiary/aromatic N) is 2. The monoisotopic (exact) mass is 842 g/mol. The van der Waals surface area contributed by atoms with Gasteiger partial charge in [0.05, 0.1) is 27.7 Å². The summed E-state index contributed by atoms with van der Waals surface area (Å²) >= 11 is 1.90. The second-order valence-electron chi connectivity index (χ2n) is 17.3. The third-order valence-electron chi connectivity index (χ3n) is 14.0. The predicted molar refractivity (Wildman–Crippen MR) is 275 cm³/mol. The maximum atomic E-state index is 5.68. The van der Waals surface area contributed by atoms with Crippen LogP contribution in [0.3, 0.4) is 0 Å². The molecule has 1 aliphatic rings. The minimum absolute atomic E-state index is 0.520. The topological polar surface area (TPSA) is 17.8 Å². The van der Waals surface area contributed by atoms with Gasteiger partial charge in [-0.25, -0.2) is 4.98 Å². The third kappa shape index (κ3) is 5.13. The third-order valence-corrected chi connectivity index (χ3v) is 15.2. The van der Waals surface area contributed by atoms with Crippen molar-refractivity contribution in [3.05, 3.63) is 253 Å². The first-order chi connectivity index (χ1) is 32.3. The normalized spacial score (nSPS) is 13.0. The Balaban J connectivity index is 1.09. The second-order valence-corrected chi connectivity index (χ2v) is 18.4. The standard InChI is InChI=1S/C62H38N2S/c1-4-18-41(19-5-1)62(42-20-6-2-7-21-42)52-28-14-10-24-44(52)45-34-32-40(37-53(45)62)60-51-38-49(61-59(48-27-13-17-31-57(48)65-61)58(51)47-26-11-15-29-54(47)63-60)39-33-35-56-50(36-39)46-25-12-16-30-55(46)64(56)43-22-8-3-9-23-43/h1-38H. The zero-order valence-corrected chi connectivity index (χ0v) is 36.1. The molecule has 0 spiro atoms. The molecular weight excluding hydrogens is 805 g/mol. The molecule has 0 atom stereocenters. The molecule has 0 radical (unpaired) electrons. The Morgan fingerprint density at radius 3 is 1.80 bits per heavy atom. The first-order valence-corrected chi connectivity index (χ1v) is 23.2. The highest BCUT2D eigenvalue weighted by Crippen LogP contribution is 2.57. The van der Waals surface area contributed by atoms with Gasteiger partial charge in [0.2, 0.25) is 0 Å². The highest BCUT2D eigenvalue weighted by Gasteiger charge is 2.46. The number of benzene rings is 10. The van der Waals surface area contributed by atoms with E-state index in [1.54, 1.807) is 0 Å². The van der Waals surface area contributed by atoms with E-state index in [2.05, 4.69) is 235 Å². The lowest BCUT2D eigenvalue weighted by molar-refractivity contribution is 0.769. The fourth-order valence-corrected chi connectivity index (χ4v) is 12.6. The van der Waals surface area contributed by atoms with E-state index in [-0.39, 0.29) is 0 Å². The van der Waals surface area contributed by atoms with Crippen LogP contribution in [0.4, 0.5) is 0 Å². The quantitative estimate of drug-likeness (QED) is 0.158. The molecule has 3 heteroatoms. The van der Waals surface area contributed by atoms with Crippen molar-refractivity contribution in [1.82, 2.24) is 9.55 Å². The molecule has 2 nitrogen and oxygen atoms in total. The van der Waals surface area contributed by atoms with Crippen LogP contribution in [0.1, 0.15) is 22.3 Å². The van der Waals surface area contributed by atoms with E-state index in [0.29, 0.717) is 0 Å². The van der Waals surface area contributed by atoms with Crippen LogP contribution >= 0.6 is 11.3 Å². The van der Waals surface area contributed by atoms with E-state index >= 15 is 0 Å². The molecular formula is C62H38N2S. The van der Waals surface area contributed by atoms with Gasteiger partial charge in [-0.1, -0.05) is 176 Å². The van der Waals surface area contributed by atoms with Crippen LogP contribution in [0.2, 0.25) is 0 Å². The molecule has 0 bridgehead atoms. The molecule has 1 aliphatic carbocycles. The SMILES string of the molecule is c1ccc(-n2c3ccccc3c3cc(-c4cc5c(-c6ccc7c(c6)C(c6ccccc6)(c6ccccc6)c6ccccc6-7)nc6ccccc6c5c5c4sc4ccccc45)ccc32)cc1. The van der Waals surface area contributed by atoms with Gasteiger partial charge in [0.1, 0.15) is 0 Å². The number of pyridine rings is 1. The summed E-state index contributed by atoms with van der Waals surface area (Å²) in [6.07, 6.45) is 0. The average Bonchev–Trinajstić information content (AvgIpc) is 4.03. The summed E-state index contributed by atoms with van der Waals surface area (Å²) in [4.78, 5) is 5.68. The zero-order chi connectivity index (χ0) is 42.6. The number of hydrogen-bond acceptors (Lipinski definition) is 2. The first-order valence-electron chi connectivity index (χ1n) is 22.4. The van der Waals surface area contributed by atoms with Gasteiger partial charge in [-0.05, 0) is 93.5 Å². The number of thiophene rings is 1. The van der Waals surface area contributed by atoms with Crippen molar-refractivity contribution in [2.45, 2.75) is 5.41 Å². The summed E-state index contributed by atoms with van der Waals surface area (Å²) < 4.78 is 4.98. The molecule has 0 saturated carbocycles. The molecule has 0 unspecified atom stereocenters. The number of rotatable bonds is 5. The summed E-state index contributed by atoms with van der Waals surface area (Å²) in [7, 11) is 0. The number of para-hydroxylation sites is 3. The lowest BCUT2D eigenvalue weighted by Crippen LogP contribution is -2.28. The minimum atomic E-state index is -0.520. The molecule has 0 fully saturated rings. The Labute approximate surface area is 380 Å². The van der Waals surface area contributed by atoms with Crippen molar-refractivity contribution < 1.29 is 0 Å². The molecule has 10 aromatic carbocycles. The van der Waals surface area contributed by atoms with Crippen LogP contribution in [0.5, 0.6) is 0 Å². The summed E-state index contributed by atoms with van der Waals surface area (Å²) in [5.74, 6) is 0. The molecule has 302 valence electrons. The van der Waals surface area contributed by atoms with E-state index in [1.807, 2.05) is 11.3 Å². The van der Waals surface area contributed by atoms with Crippen LogP contribution in [0, 0.1) is 0 Å². The number of hydrogen-bond donors (Lipinski definition) is 0. The summed E-state index contributed by atoms with van der Waals surface area (Å²) in [5.41, 5.74) is 16.2. The molecule has 0 amide bonds. The van der Waals surface area contributed by atoms with Gasteiger partial charge in [0, 0.05) is 63.9 Å². The fraction of sp³-hybridized carbons (Fsp3) is 0.0161. The maximum absolute atomic E-state index is 5.68. The summed E-state index contributed by atoms with van der Waals surface area (Å²) in [5, 5.41) is 8.64.